The maximum atomic E-state index is 5.46. The fourth-order valence-electron chi connectivity index (χ4n) is 4.03. The van der Waals surface area contributed by atoms with Crippen LogP contribution in [0.3, 0.4) is 0 Å². The summed E-state index contributed by atoms with van der Waals surface area (Å²) in [5.74, 6) is 0.854. The fraction of sp³-hybridized carbons (Fsp3) is 0.560. The van der Waals surface area contributed by atoms with E-state index in [9.17, 15) is 0 Å². The summed E-state index contributed by atoms with van der Waals surface area (Å²) in [5, 5.41) is 4.82. The third kappa shape index (κ3) is 7.20. The van der Waals surface area contributed by atoms with Crippen molar-refractivity contribution in [2.75, 3.05) is 59.6 Å². The van der Waals surface area contributed by atoms with Gasteiger partial charge in [-0.2, -0.15) is 5.10 Å². The fourth-order valence-corrected chi connectivity index (χ4v) is 4.03. The van der Waals surface area contributed by atoms with Gasteiger partial charge in [-0.05, 0) is 56.6 Å². The third-order valence-electron chi connectivity index (χ3n) is 5.84. The molecule has 2 aromatic rings. The van der Waals surface area contributed by atoms with Crippen LogP contribution in [0.2, 0.25) is 0 Å². The Labute approximate surface area is 187 Å². The molecule has 1 aliphatic heterocycles. The molecule has 2 heterocycles. The number of nitrogens with zero attached hydrogens (tertiary/aromatic N) is 4. The van der Waals surface area contributed by atoms with Gasteiger partial charge in [-0.25, -0.2) is 4.68 Å². The smallest absolute Gasteiger partial charge is 0.119 e. The molecular formula is C25H38N4O2. The van der Waals surface area contributed by atoms with Gasteiger partial charge >= 0.3 is 0 Å². The lowest BCUT2D eigenvalue weighted by molar-refractivity contribution is 0.0334. The maximum Gasteiger partial charge on any atom is 0.119 e. The van der Waals surface area contributed by atoms with Gasteiger partial charge in [0.15, 0.2) is 0 Å². The van der Waals surface area contributed by atoms with Crippen molar-refractivity contribution in [1.82, 2.24) is 19.6 Å². The van der Waals surface area contributed by atoms with E-state index in [0.29, 0.717) is 0 Å². The molecule has 3 rings (SSSR count). The van der Waals surface area contributed by atoms with Crippen molar-refractivity contribution in [3.63, 3.8) is 0 Å². The summed E-state index contributed by atoms with van der Waals surface area (Å²) in [6, 6.07) is 10.2. The molecule has 170 valence electrons. The van der Waals surface area contributed by atoms with E-state index in [-0.39, 0.29) is 0 Å². The van der Waals surface area contributed by atoms with Gasteiger partial charge in [0.05, 0.1) is 31.7 Å². The summed E-state index contributed by atoms with van der Waals surface area (Å²) < 4.78 is 12.7. The van der Waals surface area contributed by atoms with E-state index in [1.165, 1.54) is 12.0 Å². The Morgan fingerprint density at radius 3 is 2.58 bits per heavy atom. The molecule has 0 radical (unpaired) electrons. The second-order valence-corrected chi connectivity index (χ2v) is 8.36. The first kappa shape index (κ1) is 23.5. The summed E-state index contributed by atoms with van der Waals surface area (Å²) in [6.45, 7) is 17.0. The number of hydrogen-bond acceptors (Lipinski definition) is 5. The van der Waals surface area contributed by atoms with Crippen molar-refractivity contribution in [2.45, 2.75) is 33.1 Å². The predicted octanol–water partition coefficient (Wildman–Crippen LogP) is 3.72. The van der Waals surface area contributed by atoms with E-state index in [4.69, 9.17) is 14.6 Å². The van der Waals surface area contributed by atoms with Crippen molar-refractivity contribution < 1.29 is 9.47 Å². The maximum absolute atomic E-state index is 5.46. The zero-order valence-electron chi connectivity index (χ0n) is 19.5. The Morgan fingerprint density at radius 2 is 1.90 bits per heavy atom. The van der Waals surface area contributed by atoms with Gasteiger partial charge < -0.3 is 14.4 Å². The first-order chi connectivity index (χ1) is 15.1. The molecule has 6 nitrogen and oxygen atoms in total. The van der Waals surface area contributed by atoms with Crippen LogP contribution in [-0.4, -0.2) is 79.2 Å². The van der Waals surface area contributed by atoms with Gasteiger partial charge in [0, 0.05) is 44.8 Å². The number of morpholine rings is 1. The Bertz CT molecular complexity index is 809. The lowest BCUT2D eigenvalue weighted by atomic mass is 10.1. The van der Waals surface area contributed by atoms with Gasteiger partial charge in [-0.3, -0.25) is 4.90 Å². The molecule has 1 aromatic heterocycles. The molecule has 1 aromatic carbocycles. The first-order valence-electron chi connectivity index (χ1n) is 11.5. The molecule has 0 bridgehead atoms. The van der Waals surface area contributed by atoms with Gasteiger partial charge in [0.2, 0.25) is 0 Å². The monoisotopic (exact) mass is 426 g/mol. The molecule has 0 unspecified atom stereocenters. The topological polar surface area (TPSA) is 42.8 Å². The number of methoxy groups -OCH3 is 1. The van der Waals surface area contributed by atoms with Crippen LogP contribution in [-0.2, 0) is 11.2 Å². The molecule has 0 amide bonds. The van der Waals surface area contributed by atoms with Gasteiger partial charge in [-0.15, -0.1) is 0 Å². The Kier molecular flexibility index (Phi) is 9.13. The summed E-state index contributed by atoms with van der Waals surface area (Å²) in [4.78, 5) is 5.08. The molecule has 0 spiro atoms. The van der Waals surface area contributed by atoms with Crippen LogP contribution in [0, 0.1) is 6.92 Å². The number of rotatable bonds is 12. The van der Waals surface area contributed by atoms with Crippen molar-refractivity contribution in [1.29, 1.82) is 0 Å². The minimum atomic E-state index is 0.827. The molecular weight excluding hydrogens is 388 g/mol. The van der Waals surface area contributed by atoms with Crippen LogP contribution < -0.4 is 4.74 Å². The minimum Gasteiger partial charge on any atom is -0.497 e. The highest BCUT2D eigenvalue weighted by Gasteiger charge is 2.13. The van der Waals surface area contributed by atoms with Gasteiger partial charge in [0.25, 0.3) is 0 Å². The van der Waals surface area contributed by atoms with E-state index < -0.39 is 0 Å². The molecule has 1 saturated heterocycles. The Balaban J connectivity index is 1.49. The van der Waals surface area contributed by atoms with Crippen LogP contribution in [0.15, 0.2) is 42.5 Å². The standard InChI is InChI=1S/C25H38N4O2/c1-5-11-27(13-14-28-15-17-31-18-16-28)12-10-21(2)19-23-20-22(3)29(26-23)24-6-8-25(30-4)9-7-24/h6-9,20H,2,5,10-19H2,1,3-4H3. The molecule has 1 aliphatic rings. The average Bonchev–Trinajstić information content (AvgIpc) is 3.16. The zero-order chi connectivity index (χ0) is 22.1. The van der Waals surface area contributed by atoms with E-state index >= 15 is 0 Å². The Morgan fingerprint density at radius 1 is 1.16 bits per heavy atom. The van der Waals surface area contributed by atoms with E-state index in [2.05, 4.69) is 36.3 Å². The molecule has 0 saturated carbocycles. The number of aromatic nitrogens is 2. The summed E-state index contributed by atoms with van der Waals surface area (Å²) in [7, 11) is 1.68. The lowest BCUT2D eigenvalue weighted by Crippen LogP contribution is -2.41. The van der Waals surface area contributed by atoms with Crippen molar-refractivity contribution in [3.8, 4) is 11.4 Å². The minimum absolute atomic E-state index is 0.827. The summed E-state index contributed by atoms with van der Waals surface area (Å²) in [6.07, 6.45) is 3.02. The van der Waals surface area contributed by atoms with Crippen LogP contribution in [0.25, 0.3) is 5.69 Å². The first-order valence-corrected chi connectivity index (χ1v) is 11.5. The third-order valence-corrected chi connectivity index (χ3v) is 5.84. The summed E-state index contributed by atoms with van der Waals surface area (Å²) >= 11 is 0. The van der Waals surface area contributed by atoms with Crippen LogP contribution in [0.1, 0.15) is 31.2 Å². The average molecular weight is 427 g/mol. The number of ether oxygens (including phenoxy) is 2. The summed E-state index contributed by atoms with van der Waals surface area (Å²) in [5.41, 5.74) is 4.50. The van der Waals surface area contributed by atoms with Crippen molar-refractivity contribution >= 4 is 0 Å². The normalized spacial score (nSPS) is 14.8. The number of hydrogen-bond donors (Lipinski definition) is 0. The van der Waals surface area contributed by atoms with Crippen LogP contribution in [0.5, 0.6) is 5.75 Å². The Hall–Kier alpha value is -2.15. The second kappa shape index (κ2) is 12.0. The quantitative estimate of drug-likeness (QED) is 0.484. The molecule has 31 heavy (non-hydrogen) atoms. The van der Waals surface area contributed by atoms with Gasteiger partial charge in [-0.1, -0.05) is 19.1 Å². The molecule has 6 heteroatoms. The highest BCUT2D eigenvalue weighted by Crippen LogP contribution is 2.18. The second-order valence-electron chi connectivity index (χ2n) is 8.36. The van der Waals surface area contributed by atoms with E-state index in [1.807, 2.05) is 28.9 Å². The van der Waals surface area contributed by atoms with E-state index in [1.54, 1.807) is 7.11 Å². The molecule has 1 fully saturated rings. The lowest BCUT2D eigenvalue weighted by Gasteiger charge is -2.30. The largest absolute Gasteiger partial charge is 0.497 e. The molecule has 0 atom stereocenters. The van der Waals surface area contributed by atoms with Crippen LogP contribution >= 0.6 is 0 Å². The highest BCUT2D eigenvalue weighted by atomic mass is 16.5. The molecule has 0 N–H and O–H groups in total. The SMILES string of the molecule is C=C(CCN(CCC)CCN1CCOCC1)Cc1cc(C)n(-c2ccc(OC)cc2)n1. The zero-order valence-corrected chi connectivity index (χ0v) is 19.5. The van der Waals surface area contributed by atoms with Crippen LogP contribution in [0.4, 0.5) is 0 Å². The number of benzene rings is 1. The van der Waals surface area contributed by atoms with Gasteiger partial charge in [0.1, 0.15) is 5.75 Å². The highest BCUT2D eigenvalue weighted by molar-refractivity contribution is 5.38. The molecule has 0 aliphatic carbocycles. The van der Waals surface area contributed by atoms with E-state index in [0.717, 1.165) is 88.1 Å². The predicted molar refractivity (Wildman–Crippen MR) is 126 cm³/mol. The van der Waals surface area contributed by atoms with Crippen molar-refractivity contribution in [3.05, 3.63) is 53.9 Å². The van der Waals surface area contributed by atoms with Crippen molar-refractivity contribution in [2.24, 2.45) is 0 Å². The number of aryl methyl sites for hydroxylation is 1.